The second kappa shape index (κ2) is 6.58. The number of hydrogen-bond acceptors (Lipinski definition) is 5. The minimum absolute atomic E-state index is 0.0184. The lowest BCUT2D eigenvalue weighted by molar-refractivity contribution is 0.388. The van der Waals surface area contributed by atoms with Crippen molar-refractivity contribution in [2.75, 3.05) is 23.7 Å². The zero-order valence-corrected chi connectivity index (χ0v) is 14.7. The number of oxazole rings is 1. The van der Waals surface area contributed by atoms with Gasteiger partial charge in [0, 0.05) is 24.5 Å². The first kappa shape index (κ1) is 17.3. The van der Waals surface area contributed by atoms with Crippen LogP contribution in [-0.2, 0) is 15.4 Å². The first-order chi connectivity index (χ1) is 10.2. The third-order valence-electron chi connectivity index (χ3n) is 3.82. The van der Waals surface area contributed by atoms with E-state index in [2.05, 4.69) is 35.4 Å². The van der Waals surface area contributed by atoms with Crippen LogP contribution in [0.2, 0.25) is 0 Å². The molecule has 1 aliphatic heterocycles. The summed E-state index contributed by atoms with van der Waals surface area (Å²) in [5.74, 6) is 1.07. The van der Waals surface area contributed by atoms with Crippen molar-refractivity contribution in [3.05, 3.63) is 12.0 Å². The van der Waals surface area contributed by atoms with Gasteiger partial charge in [-0.05, 0) is 19.3 Å². The van der Waals surface area contributed by atoms with Gasteiger partial charge >= 0.3 is 0 Å². The highest BCUT2D eigenvalue weighted by molar-refractivity contribution is 7.89. The van der Waals surface area contributed by atoms with Crippen LogP contribution in [0.3, 0.4) is 0 Å². The predicted octanol–water partition coefficient (Wildman–Crippen LogP) is 2.27. The molecule has 1 fully saturated rings. The Morgan fingerprint density at radius 3 is 2.50 bits per heavy atom. The third kappa shape index (κ3) is 4.46. The van der Waals surface area contributed by atoms with Crippen molar-refractivity contribution in [3.8, 4) is 0 Å². The second-order valence-corrected chi connectivity index (χ2v) is 8.83. The number of nitrogens with one attached hydrogen (secondary N) is 1. The fraction of sp³-hybridized carbons (Fsp3) is 0.800. The van der Waals surface area contributed by atoms with Gasteiger partial charge in [-0.3, -0.25) is 0 Å². The molecule has 7 heteroatoms. The van der Waals surface area contributed by atoms with Gasteiger partial charge in [0.1, 0.15) is 5.76 Å². The Kier molecular flexibility index (Phi) is 5.17. The van der Waals surface area contributed by atoms with Crippen molar-refractivity contribution >= 4 is 16.0 Å². The van der Waals surface area contributed by atoms with Crippen molar-refractivity contribution < 1.29 is 12.8 Å². The molecule has 0 atom stereocenters. The average Bonchev–Trinajstić information content (AvgIpc) is 2.88. The summed E-state index contributed by atoms with van der Waals surface area (Å²) in [7, 11) is -3.14. The highest BCUT2D eigenvalue weighted by Crippen LogP contribution is 2.27. The van der Waals surface area contributed by atoms with Crippen molar-refractivity contribution in [1.29, 1.82) is 0 Å². The summed E-state index contributed by atoms with van der Waals surface area (Å²) in [5, 5.41) is 0. The molecule has 0 amide bonds. The lowest BCUT2D eigenvalue weighted by Gasteiger charge is -2.31. The smallest absolute Gasteiger partial charge is 0.297 e. The Labute approximate surface area is 133 Å². The van der Waals surface area contributed by atoms with E-state index in [1.807, 2.05) is 6.92 Å². The fourth-order valence-corrected chi connectivity index (χ4v) is 3.93. The van der Waals surface area contributed by atoms with Crippen LogP contribution in [-0.4, -0.2) is 38.3 Å². The number of anilines is 1. The summed E-state index contributed by atoms with van der Waals surface area (Å²) in [5.41, 5.74) is -0.0562. The Balaban J connectivity index is 1.91. The normalized spacial score (nSPS) is 17.9. The number of nitrogens with zero attached hydrogens (tertiary/aromatic N) is 2. The van der Waals surface area contributed by atoms with Gasteiger partial charge in [-0.25, -0.2) is 18.1 Å². The summed E-state index contributed by atoms with van der Waals surface area (Å²) in [6.45, 7) is 9.65. The maximum Gasteiger partial charge on any atom is 0.297 e. The summed E-state index contributed by atoms with van der Waals surface area (Å²) < 4.78 is 32.2. The van der Waals surface area contributed by atoms with E-state index >= 15 is 0 Å². The van der Waals surface area contributed by atoms with E-state index in [-0.39, 0.29) is 17.2 Å². The maximum absolute atomic E-state index is 11.8. The van der Waals surface area contributed by atoms with Crippen LogP contribution in [0.5, 0.6) is 0 Å². The molecule has 1 aliphatic rings. The summed E-state index contributed by atoms with van der Waals surface area (Å²) in [4.78, 5) is 6.44. The van der Waals surface area contributed by atoms with Crippen LogP contribution >= 0.6 is 0 Å². The van der Waals surface area contributed by atoms with Gasteiger partial charge in [0.05, 0.1) is 11.9 Å². The molecule has 6 nitrogen and oxygen atoms in total. The molecule has 2 rings (SSSR count). The Morgan fingerprint density at radius 2 is 2.00 bits per heavy atom. The monoisotopic (exact) mass is 329 g/mol. The van der Waals surface area contributed by atoms with Gasteiger partial charge in [0.15, 0.2) is 0 Å². The number of aromatic nitrogens is 1. The van der Waals surface area contributed by atoms with Gasteiger partial charge in [-0.15, -0.1) is 0 Å². The van der Waals surface area contributed by atoms with Crippen molar-refractivity contribution in [2.24, 2.45) is 0 Å². The Bertz CT molecular complexity index is 581. The fourth-order valence-electron chi connectivity index (χ4n) is 2.53. The van der Waals surface area contributed by atoms with Crippen molar-refractivity contribution in [3.63, 3.8) is 0 Å². The van der Waals surface area contributed by atoms with Crippen LogP contribution < -0.4 is 9.62 Å². The molecule has 0 aromatic carbocycles. The molecule has 0 radical (unpaired) electrons. The van der Waals surface area contributed by atoms with E-state index in [1.54, 1.807) is 6.20 Å². The summed E-state index contributed by atoms with van der Waals surface area (Å²) in [6, 6.07) is 0.657. The molecular weight excluding hydrogens is 302 g/mol. The third-order valence-corrected chi connectivity index (χ3v) is 5.46. The van der Waals surface area contributed by atoms with E-state index < -0.39 is 10.0 Å². The molecule has 22 heavy (non-hydrogen) atoms. The van der Waals surface area contributed by atoms with Gasteiger partial charge in [-0.1, -0.05) is 27.7 Å². The van der Waals surface area contributed by atoms with E-state index in [9.17, 15) is 8.42 Å². The summed E-state index contributed by atoms with van der Waals surface area (Å²) in [6.07, 6.45) is 3.97. The first-order valence-corrected chi connectivity index (χ1v) is 9.58. The van der Waals surface area contributed by atoms with Crippen LogP contribution in [0.1, 0.15) is 52.7 Å². The zero-order chi connectivity index (χ0) is 16.4. The molecule has 2 heterocycles. The van der Waals surface area contributed by atoms with E-state index in [1.165, 1.54) is 0 Å². The molecule has 1 aromatic heterocycles. The summed E-state index contributed by atoms with van der Waals surface area (Å²) >= 11 is 0. The van der Waals surface area contributed by atoms with Crippen molar-refractivity contribution in [1.82, 2.24) is 9.71 Å². The average molecular weight is 329 g/mol. The van der Waals surface area contributed by atoms with E-state index in [0.29, 0.717) is 12.4 Å². The molecule has 0 spiro atoms. The van der Waals surface area contributed by atoms with Crippen LogP contribution in [0.15, 0.2) is 10.6 Å². The van der Waals surface area contributed by atoms with Crippen LogP contribution in [0.25, 0.3) is 0 Å². The van der Waals surface area contributed by atoms with Crippen LogP contribution in [0.4, 0.5) is 6.01 Å². The first-order valence-electron chi connectivity index (χ1n) is 7.92. The van der Waals surface area contributed by atoms with Gasteiger partial charge in [0.25, 0.3) is 6.01 Å². The molecule has 1 saturated heterocycles. The SMILES string of the molecule is CCCS(=O)(=O)NC1CCN(c2ncc(C(C)(C)C)o2)CC1. The predicted molar refractivity (Wildman–Crippen MR) is 87.7 cm³/mol. The van der Waals surface area contributed by atoms with Gasteiger partial charge < -0.3 is 9.32 Å². The topological polar surface area (TPSA) is 75.4 Å². The zero-order valence-electron chi connectivity index (χ0n) is 13.9. The molecule has 1 N–H and O–H groups in total. The molecule has 1 aromatic rings. The Morgan fingerprint density at radius 1 is 1.36 bits per heavy atom. The van der Waals surface area contributed by atoms with Gasteiger partial charge in [0.2, 0.25) is 10.0 Å². The van der Waals surface area contributed by atoms with Gasteiger partial charge in [-0.2, -0.15) is 0 Å². The highest BCUT2D eigenvalue weighted by atomic mass is 32.2. The largest absolute Gasteiger partial charge is 0.428 e. The molecular formula is C15H27N3O3S. The minimum atomic E-state index is -3.14. The molecule has 126 valence electrons. The Hall–Kier alpha value is -1.08. The molecule has 0 saturated carbocycles. The molecule has 0 aliphatic carbocycles. The number of hydrogen-bond donors (Lipinski definition) is 1. The maximum atomic E-state index is 11.8. The lowest BCUT2D eigenvalue weighted by atomic mass is 9.94. The molecule has 0 unspecified atom stereocenters. The lowest BCUT2D eigenvalue weighted by Crippen LogP contribution is -2.45. The van der Waals surface area contributed by atoms with E-state index in [4.69, 9.17) is 4.42 Å². The number of piperidine rings is 1. The van der Waals surface area contributed by atoms with Crippen LogP contribution in [0, 0.1) is 0 Å². The second-order valence-electron chi connectivity index (χ2n) is 6.96. The number of sulfonamides is 1. The standard InChI is InChI=1S/C15H27N3O3S/c1-5-10-22(19,20)17-12-6-8-18(9-7-12)14-16-11-13(21-14)15(2,3)4/h11-12,17H,5-10H2,1-4H3. The van der Waals surface area contributed by atoms with E-state index in [0.717, 1.165) is 31.7 Å². The quantitative estimate of drug-likeness (QED) is 0.897. The minimum Gasteiger partial charge on any atom is -0.428 e. The highest BCUT2D eigenvalue weighted by Gasteiger charge is 2.26. The molecule has 0 bridgehead atoms. The number of rotatable bonds is 5. The van der Waals surface area contributed by atoms with Crippen molar-refractivity contribution in [2.45, 2.75) is 58.4 Å².